The van der Waals surface area contributed by atoms with Crippen LogP contribution in [0.15, 0.2) is 22.7 Å². The first-order chi connectivity index (χ1) is 7.67. The van der Waals surface area contributed by atoms with Crippen LogP contribution < -0.4 is 10.6 Å². The second kappa shape index (κ2) is 6.50. The summed E-state index contributed by atoms with van der Waals surface area (Å²) < 4.78 is 5.68. The normalized spacial score (nSPS) is 9.94. The molecule has 0 aliphatic heterocycles. The fourth-order valence-electron chi connectivity index (χ4n) is 1.28. The van der Waals surface area contributed by atoms with E-state index in [1.807, 2.05) is 25.1 Å². The Morgan fingerprint density at radius 1 is 1.44 bits per heavy atom. The number of anilines is 2. The minimum absolute atomic E-state index is 0.0536. The first kappa shape index (κ1) is 13.0. The molecule has 0 saturated carbocycles. The smallest absolute Gasteiger partial charge is 0.250 e. The number of ether oxygens (including phenoxy) is 1. The molecule has 1 aromatic rings. The topological polar surface area (TPSA) is 50.4 Å². The quantitative estimate of drug-likeness (QED) is 0.874. The molecule has 0 heterocycles. The highest BCUT2D eigenvalue weighted by atomic mass is 79.9. The molecule has 0 spiro atoms. The molecule has 0 aromatic heterocycles. The lowest BCUT2D eigenvalue weighted by Crippen LogP contribution is -2.18. The van der Waals surface area contributed by atoms with Gasteiger partial charge in [-0.05, 0) is 25.1 Å². The summed E-state index contributed by atoms with van der Waals surface area (Å²) in [6.45, 7) is 2.86. The van der Waals surface area contributed by atoms with Crippen molar-refractivity contribution in [1.82, 2.24) is 0 Å². The Bertz CT molecular complexity index is 369. The number of amides is 1. The lowest BCUT2D eigenvalue weighted by Gasteiger charge is -2.12. The van der Waals surface area contributed by atoms with Crippen molar-refractivity contribution in [3.8, 4) is 0 Å². The van der Waals surface area contributed by atoms with Gasteiger partial charge in [0.25, 0.3) is 0 Å². The van der Waals surface area contributed by atoms with Crippen molar-refractivity contribution in [2.75, 3.05) is 30.9 Å². The standard InChI is InChI=1S/C11H15BrN2O2/c1-3-13-9-5-4-8(12)6-10(9)14-11(15)7-16-2/h4-6,13H,3,7H2,1-2H3,(H,14,15). The van der Waals surface area contributed by atoms with E-state index in [2.05, 4.69) is 26.6 Å². The average molecular weight is 287 g/mol. The third-order valence-electron chi connectivity index (χ3n) is 1.90. The van der Waals surface area contributed by atoms with Crippen LogP contribution in [0.25, 0.3) is 0 Å². The molecule has 1 rings (SSSR count). The van der Waals surface area contributed by atoms with Gasteiger partial charge < -0.3 is 15.4 Å². The number of benzene rings is 1. The Morgan fingerprint density at radius 3 is 2.81 bits per heavy atom. The molecule has 0 bridgehead atoms. The second-order valence-electron chi connectivity index (χ2n) is 3.20. The van der Waals surface area contributed by atoms with E-state index in [9.17, 15) is 4.79 Å². The summed E-state index contributed by atoms with van der Waals surface area (Å²) in [7, 11) is 1.49. The average Bonchev–Trinajstić information content (AvgIpc) is 2.22. The van der Waals surface area contributed by atoms with Crippen molar-refractivity contribution in [2.45, 2.75) is 6.92 Å². The van der Waals surface area contributed by atoms with Crippen LogP contribution in [0.2, 0.25) is 0 Å². The van der Waals surface area contributed by atoms with E-state index in [-0.39, 0.29) is 12.5 Å². The molecule has 88 valence electrons. The molecule has 4 nitrogen and oxygen atoms in total. The molecule has 5 heteroatoms. The monoisotopic (exact) mass is 286 g/mol. The SMILES string of the molecule is CCNc1ccc(Br)cc1NC(=O)COC. The highest BCUT2D eigenvalue weighted by molar-refractivity contribution is 9.10. The number of carbonyl (C=O) groups excluding carboxylic acids is 1. The number of nitrogens with one attached hydrogen (secondary N) is 2. The zero-order valence-electron chi connectivity index (χ0n) is 9.34. The molecular weight excluding hydrogens is 272 g/mol. The Morgan fingerprint density at radius 2 is 2.19 bits per heavy atom. The number of halogens is 1. The number of hydrogen-bond donors (Lipinski definition) is 2. The van der Waals surface area contributed by atoms with Crippen LogP contribution in [0.5, 0.6) is 0 Å². The van der Waals surface area contributed by atoms with Gasteiger partial charge in [0.2, 0.25) is 5.91 Å². The van der Waals surface area contributed by atoms with Crippen molar-refractivity contribution in [1.29, 1.82) is 0 Å². The van der Waals surface area contributed by atoms with Crippen LogP contribution in [-0.2, 0) is 9.53 Å². The predicted molar refractivity (Wildman–Crippen MR) is 68.8 cm³/mol. The Hall–Kier alpha value is -1.07. The largest absolute Gasteiger partial charge is 0.384 e. The summed E-state index contributed by atoms with van der Waals surface area (Å²) in [5, 5.41) is 5.96. The molecular formula is C11H15BrN2O2. The van der Waals surface area contributed by atoms with Crippen molar-refractivity contribution >= 4 is 33.2 Å². The summed E-state index contributed by atoms with van der Waals surface area (Å²) in [6.07, 6.45) is 0. The van der Waals surface area contributed by atoms with Gasteiger partial charge in [0.15, 0.2) is 0 Å². The first-order valence-corrected chi connectivity index (χ1v) is 5.79. The van der Waals surface area contributed by atoms with E-state index in [0.29, 0.717) is 0 Å². The third kappa shape index (κ3) is 3.83. The van der Waals surface area contributed by atoms with Crippen LogP contribution in [0, 0.1) is 0 Å². The molecule has 0 fully saturated rings. The minimum atomic E-state index is -0.167. The first-order valence-electron chi connectivity index (χ1n) is 4.99. The van der Waals surface area contributed by atoms with E-state index in [1.54, 1.807) is 0 Å². The number of rotatable bonds is 5. The van der Waals surface area contributed by atoms with E-state index >= 15 is 0 Å². The van der Waals surface area contributed by atoms with Crippen LogP contribution in [0.1, 0.15) is 6.92 Å². The van der Waals surface area contributed by atoms with Crippen LogP contribution in [0.4, 0.5) is 11.4 Å². The molecule has 0 unspecified atom stereocenters. The fraction of sp³-hybridized carbons (Fsp3) is 0.364. The highest BCUT2D eigenvalue weighted by Crippen LogP contribution is 2.25. The van der Waals surface area contributed by atoms with Crippen molar-refractivity contribution in [2.24, 2.45) is 0 Å². The van der Waals surface area contributed by atoms with Crippen molar-refractivity contribution in [3.05, 3.63) is 22.7 Å². The molecule has 16 heavy (non-hydrogen) atoms. The van der Waals surface area contributed by atoms with Gasteiger partial charge in [-0.3, -0.25) is 4.79 Å². The molecule has 1 aromatic carbocycles. The third-order valence-corrected chi connectivity index (χ3v) is 2.39. The van der Waals surface area contributed by atoms with Crippen LogP contribution >= 0.6 is 15.9 Å². The van der Waals surface area contributed by atoms with E-state index in [4.69, 9.17) is 4.74 Å². The molecule has 0 aliphatic rings. The zero-order valence-corrected chi connectivity index (χ0v) is 10.9. The Kier molecular flexibility index (Phi) is 5.28. The minimum Gasteiger partial charge on any atom is -0.384 e. The zero-order chi connectivity index (χ0) is 12.0. The van der Waals surface area contributed by atoms with Crippen molar-refractivity contribution < 1.29 is 9.53 Å². The Labute approximate surface area is 103 Å². The molecule has 1 amide bonds. The van der Waals surface area contributed by atoms with Crippen LogP contribution in [0.3, 0.4) is 0 Å². The fourth-order valence-corrected chi connectivity index (χ4v) is 1.64. The molecule has 0 saturated heterocycles. The van der Waals surface area contributed by atoms with Gasteiger partial charge >= 0.3 is 0 Å². The number of hydrogen-bond acceptors (Lipinski definition) is 3. The molecule has 0 atom stereocenters. The second-order valence-corrected chi connectivity index (χ2v) is 4.12. The van der Waals surface area contributed by atoms with E-state index < -0.39 is 0 Å². The maximum atomic E-state index is 11.4. The van der Waals surface area contributed by atoms with E-state index in [0.717, 1.165) is 22.4 Å². The Balaban J connectivity index is 2.82. The summed E-state index contributed by atoms with van der Waals surface area (Å²) in [6, 6.07) is 5.69. The highest BCUT2D eigenvalue weighted by Gasteiger charge is 2.06. The van der Waals surface area contributed by atoms with Gasteiger partial charge in [-0.2, -0.15) is 0 Å². The maximum absolute atomic E-state index is 11.4. The predicted octanol–water partition coefficient (Wildman–Crippen LogP) is 2.47. The van der Waals surface area contributed by atoms with Gasteiger partial charge in [0.05, 0.1) is 11.4 Å². The maximum Gasteiger partial charge on any atom is 0.250 e. The number of methoxy groups -OCH3 is 1. The van der Waals surface area contributed by atoms with Gasteiger partial charge in [-0.1, -0.05) is 15.9 Å². The summed E-state index contributed by atoms with van der Waals surface area (Å²) >= 11 is 3.37. The van der Waals surface area contributed by atoms with Gasteiger partial charge in [-0.25, -0.2) is 0 Å². The molecule has 0 radical (unpaired) electrons. The molecule has 2 N–H and O–H groups in total. The van der Waals surface area contributed by atoms with Gasteiger partial charge in [0.1, 0.15) is 6.61 Å². The number of carbonyl (C=O) groups is 1. The summed E-state index contributed by atoms with van der Waals surface area (Å²) in [5.74, 6) is -0.167. The van der Waals surface area contributed by atoms with E-state index in [1.165, 1.54) is 7.11 Å². The molecule has 0 aliphatic carbocycles. The van der Waals surface area contributed by atoms with Crippen molar-refractivity contribution in [3.63, 3.8) is 0 Å². The van der Waals surface area contributed by atoms with Gasteiger partial charge in [-0.15, -0.1) is 0 Å². The van der Waals surface area contributed by atoms with Crippen LogP contribution in [-0.4, -0.2) is 26.2 Å². The lowest BCUT2D eigenvalue weighted by atomic mass is 10.2. The lowest BCUT2D eigenvalue weighted by molar-refractivity contribution is -0.119. The summed E-state index contributed by atoms with van der Waals surface area (Å²) in [4.78, 5) is 11.4. The van der Waals surface area contributed by atoms with Gasteiger partial charge in [0, 0.05) is 18.1 Å². The summed E-state index contributed by atoms with van der Waals surface area (Å²) in [5.41, 5.74) is 1.65.